The maximum absolute atomic E-state index is 14.0. The van der Waals surface area contributed by atoms with Gasteiger partial charge in [-0.3, -0.25) is 14.5 Å². The summed E-state index contributed by atoms with van der Waals surface area (Å²) in [6, 6.07) is 13.1. The van der Waals surface area contributed by atoms with E-state index < -0.39 is 18.2 Å². The highest BCUT2D eigenvalue weighted by atomic mass is 16.6. The number of aromatic hydroxyl groups is 1. The number of aliphatic carboxylic acids is 1. The van der Waals surface area contributed by atoms with Crippen LogP contribution in [0.5, 0.6) is 5.75 Å². The number of phenols is 1. The standard InChI is InChI=1S/C38H49N5O7/c1-2-28-23-27(9-12-33(28)44)24-34(36(47)41-21-19-40(20-22-41)30-10-7-26(8-11-30)25-35(45)46)50-38(49)42-16-14-31(15-17-42)43-18-13-29-5-3-4-6-32(29)39-37(43)48/h2-6,9,12,23,26,30-31,34,44H,1,7-8,10-11,13-22,24-25H2,(H,39,48)(H,45,46)/t26?,30?,34-/m1/s1. The summed E-state index contributed by atoms with van der Waals surface area (Å²) < 4.78 is 6.02. The number of phenolic OH excluding ortho intramolecular Hbond substituents is 1. The first-order chi connectivity index (χ1) is 24.2. The molecule has 12 heteroatoms. The smallest absolute Gasteiger partial charge is 0.410 e. The molecule has 4 amide bonds. The molecule has 0 aromatic heterocycles. The van der Waals surface area contributed by atoms with Crippen LogP contribution in [0.3, 0.4) is 0 Å². The van der Waals surface area contributed by atoms with Gasteiger partial charge in [-0.05, 0) is 80.2 Å². The monoisotopic (exact) mass is 687 g/mol. The first kappa shape index (κ1) is 35.3. The van der Waals surface area contributed by atoms with Crippen molar-refractivity contribution in [2.75, 3.05) is 51.1 Å². The molecule has 1 saturated carbocycles. The third-order valence-corrected chi connectivity index (χ3v) is 11.0. The summed E-state index contributed by atoms with van der Waals surface area (Å²) in [4.78, 5) is 59.5. The summed E-state index contributed by atoms with van der Waals surface area (Å²) in [7, 11) is 0. The molecule has 2 saturated heterocycles. The van der Waals surface area contributed by atoms with Gasteiger partial charge < -0.3 is 35.0 Å². The van der Waals surface area contributed by atoms with Crippen molar-refractivity contribution in [3.05, 3.63) is 65.7 Å². The van der Waals surface area contributed by atoms with E-state index in [0.29, 0.717) is 70.3 Å². The van der Waals surface area contributed by atoms with Gasteiger partial charge in [-0.2, -0.15) is 0 Å². The number of anilines is 1. The van der Waals surface area contributed by atoms with Gasteiger partial charge in [0.15, 0.2) is 6.10 Å². The second-order valence-electron chi connectivity index (χ2n) is 14.1. The fourth-order valence-corrected chi connectivity index (χ4v) is 8.05. The highest BCUT2D eigenvalue weighted by molar-refractivity contribution is 5.91. The molecule has 50 heavy (non-hydrogen) atoms. The van der Waals surface area contributed by atoms with Gasteiger partial charge in [0.1, 0.15) is 5.75 Å². The zero-order valence-electron chi connectivity index (χ0n) is 28.7. The molecule has 1 atom stereocenters. The van der Waals surface area contributed by atoms with E-state index in [4.69, 9.17) is 9.84 Å². The number of piperazine rings is 1. The maximum Gasteiger partial charge on any atom is 0.410 e. The number of carboxylic acids is 1. The zero-order valence-corrected chi connectivity index (χ0v) is 28.7. The van der Waals surface area contributed by atoms with E-state index in [2.05, 4.69) is 16.8 Å². The van der Waals surface area contributed by atoms with Crippen LogP contribution in [0.1, 0.15) is 61.6 Å². The number of hydrogen-bond acceptors (Lipinski definition) is 7. The van der Waals surface area contributed by atoms with Crippen LogP contribution in [-0.2, 0) is 27.2 Å². The first-order valence-corrected chi connectivity index (χ1v) is 18.0. The number of carbonyl (C=O) groups is 4. The van der Waals surface area contributed by atoms with Gasteiger partial charge in [-0.15, -0.1) is 0 Å². The van der Waals surface area contributed by atoms with Crippen molar-refractivity contribution in [1.29, 1.82) is 0 Å². The predicted octanol–water partition coefficient (Wildman–Crippen LogP) is 4.82. The largest absolute Gasteiger partial charge is 0.507 e. The molecule has 2 aromatic rings. The summed E-state index contributed by atoms with van der Waals surface area (Å²) in [6.07, 6.45) is 6.06. The molecule has 0 radical (unpaired) electrons. The Kier molecular flexibility index (Phi) is 11.3. The lowest BCUT2D eigenvalue weighted by molar-refractivity contribution is -0.143. The number of fused-ring (bicyclic) bond motifs is 1. The predicted molar refractivity (Wildman–Crippen MR) is 189 cm³/mol. The number of nitrogens with zero attached hydrogens (tertiary/aromatic N) is 4. The minimum atomic E-state index is -1.05. The number of likely N-dealkylation sites (tertiary alicyclic amines) is 1. The van der Waals surface area contributed by atoms with Crippen molar-refractivity contribution < 1.29 is 34.1 Å². The number of nitrogens with one attached hydrogen (secondary N) is 1. The third kappa shape index (κ3) is 8.40. The normalized spacial score (nSPS) is 22.6. The van der Waals surface area contributed by atoms with Crippen molar-refractivity contribution in [3.8, 4) is 5.75 Å². The van der Waals surface area contributed by atoms with Gasteiger partial charge in [0, 0.05) is 82.0 Å². The van der Waals surface area contributed by atoms with Crippen LogP contribution in [0.25, 0.3) is 6.08 Å². The molecule has 4 aliphatic rings. The van der Waals surface area contributed by atoms with E-state index in [1.54, 1.807) is 34.1 Å². The number of ether oxygens (including phenoxy) is 1. The molecule has 3 aliphatic heterocycles. The fraction of sp³-hybridized carbons (Fsp3) is 0.526. The second-order valence-corrected chi connectivity index (χ2v) is 14.1. The molecule has 268 valence electrons. The number of benzene rings is 2. The molecular weight excluding hydrogens is 638 g/mol. The first-order valence-electron chi connectivity index (χ1n) is 18.0. The molecule has 12 nitrogen and oxygen atoms in total. The van der Waals surface area contributed by atoms with Gasteiger partial charge >= 0.3 is 18.1 Å². The summed E-state index contributed by atoms with van der Waals surface area (Å²) in [5.74, 6) is -0.656. The molecule has 2 aromatic carbocycles. The van der Waals surface area contributed by atoms with E-state index in [0.717, 1.165) is 48.9 Å². The number of rotatable bonds is 9. The van der Waals surface area contributed by atoms with Crippen LogP contribution in [0.4, 0.5) is 15.3 Å². The van der Waals surface area contributed by atoms with Crippen LogP contribution >= 0.6 is 0 Å². The van der Waals surface area contributed by atoms with Crippen molar-refractivity contribution >= 4 is 35.8 Å². The number of amides is 4. The molecule has 6 rings (SSSR count). The number of para-hydroxylation sites is 1. The summed E-state index contributed by atoms with van der Waals surface area (Å²) in [6.45, 7) is 7.65. The number of carboxylic acid groups (broad SMARTS) is 1. The summed E-state index contributed by atoms with van der Waals surface area (Å²) in [5.41, 5.74) is 3.23. The lowest BCUT2D eigenvalue weighted by Gasteiger charge is -2.42. The van der Waals surface area contributed by atoms with Gasteiger partial charge in [0.25, 0.3) is 5.91 Å². The molecular formula is C38H49N5O7. The van der Waals surface area contributed by atoms with Crippen molar-refractivity contribution in [2.24, 2.45) is 5.92 Å². The minimum Gasteiger partial charge on any atom is -0.507 e. The van der Waals surface area contributed by atoms with Crippen molar-refractivity contribution in [2.45, 2.75) is 76.0 Å². The van der Waals surface area contributed by atoms with Crippen LogP contribution in [0, 0.1) is 5.92 Å². The maximum atomic E-state index is 14.0. The number of piperidine rings is 1. The highest BCUT2D eigenvalue weighted by Crippen LogP contribution is 2.31. The third-order valence-electron chi connectivity index (χ3n) is 11.0. The number of urea groups is 1. The van der Waals surface area contributed by atoms with Crippen LogP contribution in [-0.4, -0.2) is 118 Å². The summed E-state index contributed by atoms with van der Waals surface area (Å²) in [5, 5.41) is 22.4. The van der Waals surface area contributed by atoms with Crippen molar-refractivity contribution in [3.63, 3.8) is 0 Å². The molecule has 0 unspecified atom stereocenters. The van der Waals surface area contributed by atoms with Crippen LogP contribution in [0.15, 0.2) is 49.0 Å². The van der Waals surface area contributed by atoms with Gasteiger partial charge in [-0.1, -0.05) is 36.9 Å². The number of hydrogen-bond donors (Lipinski definition) is 3. The van der Waals surface area contributed by atoms with E-state index in [-0.39, 0.29) is 42.5 Å². The SMILES string of the molecule is C=Cc1cc(C[C@@H](OC(=O)N2CCC(N3CCc4ccccc4NC3=O)CC2)C(=O)N2CCN(C3CCC(CC(=O)O)CC3)CC2)ccc1O. The Morgan fingerprint density at radius 3 is 2.32 bits per heavy atom. The Labute approximate surface area is 293 Å². The lowest BCUT2D eigenvalue weighted by Crippen LogP contribution is -2.55. The molecule has 3 heterocycles. The van der Waals surface area contributed by atoms with Gasteiger partial charge in [-0.25, -0.2) is 9.59 Å². The molecule has 0 bridgehead atoms. The molecule has 3 fully saturated rings. The van der Waals surface area contributed by atoms with Crippen LogP contribution in [0.2, 0.25) is 0 Å². The zero-order chi connectivity index (χ0) is 35.2. The Morgan fingerprint density at radius 1 is 0.900 bits per heavy atom. The van der Waals surface area contributed by atoms with E-state index >= 15 is 0 Å². The van der Waals surface area contributed by atoms with Crippen molar-refractivity contribution in [1.82, 2.24) is 19.6 Å². The Morgan fingerprint density at radius 2 is 1.62 bits per heavy atom. The molecule has 0 spiro atoms. The van der Waals surface area contributed by atoms with Crippen LogP contribution < -0.4 is 5.32 Å². The Hall–Kier alpha value is -4.58. The topological polar surface area (TPSA) is 143 Å². The van der Waals surface area contributed by atoms with E-state index in [1.807, 2.05) is 29.2 Å². The quantitative estimate of drug-likeness (QED) is 0.341. The highest BCUT2D eigenvalue weighted by Gasteiger charge is 2.36. The number of carbonyl (C=O) groups excluding carboxylic acids is 3. The summed E-state index contributed by atoms with van der Waals surface area (Å²) >= 11 is 0. The average molecular weight is 688 g/mol. The molecule has 1 aliphatic carbocycles. The van der Waals surface area contributed by atoms with Gasteiger partial charge in [0.05, 0.1) is 0 Å². The Balaban J connectivity index is 1.06. The second kappa shape index (κ2) is 16.0. The van der Waals surface area contributed by atoms with Gasteiger partial charge in [0.2, 0.25) is 0 Å². The lowest BCUT2D eigenvalue weighted by atomic mass is 9.83. The Bertz CT molecular complexity index is 1560. The van der Waals surface area contributed by atoms with E-state index in [9.17, 15) is 24.3 Å². The minimum absolute atomic E-state index is 0.0105. The average Bonchev–Trinajstić information content (AvgIpc) is 3.30. The fourth-order valence-electron chi connectivity index (χ4n) is 8.05. The molecule has 3 N–H and O–H groups in total. The van der Waals surface area contributed by atoms with E-state index in [1.165, 1.54) is 0 Å².